The Morgan fingerprint density at radius 2 is 1.97 bits per heavy atom. The van der Waals surface area contributed by atoms with Crippen LogP contribution in [-0.4, -0.2) is 47.8 Å². The number of rotatable bonds is 7. The molecule has 0 aliphatic carbocycles. The fourth-order valence-corrected chi connectivity index (χ4v) is 2.83. The Balaban J connectivity index is 0.00000341. The molecule has 0 radical (unpaired) electrons. The van der Waals surface area contributed by atoms with E-state index in [9.17, 15) is 14.4 Å². The van der Waals surface area contributed by atoms with Crippen molar-refractivity contribution in [3.63, 3.8) is 0 Å². The summed E-state index contributed by atoms with van der Waals surface area (Å²) in [5.74, 6) is -0.229. The molecule has 3 aromatic rings. The van der Waals surface area contributed by atoms with Crippen molar-refractivity contribution >= 4 is 24.0 Å². The molecule has 0 saturated carbocycles. The van der Waals surface area contributed by atoms with Crippen LogP contribution >= 0.6 is 12.4 Å². The van der Waals surface area contributed by atoms with Crippen molar-refractivity contribution in [3.05, 3.63) is 71.3 Å². The molecule has 162 valence electrons. The number of amides is 1. The average Bonchev–Trinajstić information content (AvgIpc) is 3.10. The lowest BCUT2D eigenvalue weighted by Crippen LogP contribution is -2.19. The lowest BCUT2D eigenvalue weighted by atomic mass is 10.1. The molecule has 0 fully saturated rings. The third-order valence-electron chi connectivity index (χ3n) is 4.48. The molecule has 31 heavy (non-hydrogen) atoms. The Morgan fingerprint density at radius 3 is 2.61 bits per heavy atom. The molecule has 0 unspecified atom stereocenters. The maximum atomic E-state index is 13.1. The maximum Gasteiger partial charge on any atom is 0.259 e. The first-order valence-electron chi connectivity index (χ1n) is 9.32. The first-order chi connectivity index (χ1) is 14.4. The molecule has 1 aromatic heterocycles. The van der Waals surface area contributed by atoms with E-state index in [0.717, 1.165) is 6.54 Å². The summed E-state index contributed by atoms with van der Waals surface area (Å²) in [4.78, 5) is 14.7. The van der Waals surface area contributed by atoms with Crippen LogP contribution in [0.25, 0.3) is 5.69 Å². The highest BCUT2D eigenvalue weighted by atomic mass is 35.5. The third-order valence-corrected chi connectivity index (χ3v) is 4.48. The Labute approximate surface area is 186 Å². The number of hydrogen-bond acceptors (Lipinski definition) is 5. The standard InChI is InChI=1S/C22H22FN5O2.ClH/c1-15-20(14-25-28(15)19-7-4-17(23)5-8-19)22(29)26-18-6-9-21(16(12-18)13-24)30-11-10-27(2)3;/h4-9,12,14H,10-11H2,1-3H3,(H,26,29);1H. The van der Waals surface area contributed by atoms with Crippen molar-refractivity contribution < 1.29 is 13.9 Å². The van der Waals surface area contributed by atoms with Crippen LogP contribution in [0.2, 0.25) is 0 Å². The SMILES string of the molecule is Cc1c(C(=O)Nc2ccc(OCCN(C)C)c(C#N)c2)cnn1-c1ccc(F)cc1.Cl. The topological polar surface area (TPSA) is 83.2 Å². The van der Waals surface area contributed by atoms with Crippen molar-refractivity contribution in [1.29, 1.82) is 5.26 Å². The Morgan fingerprint density at radius 1 is 1.26 bits per heavy atom. The Bertz CT molecular complexity index is 1090. The molecule has 0 spiro atoms. The summed E-state index contributed by atoms with van der Waals surface area (Å²) in [6, 6.07) is 12.9. The van der Waals surface area contributed by atoms with E-state index in [-0.39, 0.29) is 24.1 Å². The molecule has 0 saturated heterocycles. The van der Waals surface area contributed by atoms with E-state index >= 15 is 0 Å². The fourth-order valence-electron chi connectivity index (χ4n) is 2.83. The van der Waals surface area contributed by atoms with E-state index < -0.39 is 0 Å². The van der Waals surface area contributed by atoms with Gasteiger partial charge in [-0.15, -0.1) is 12.4 Å². The summed E-state index contributed by atoms with van der Waals surface area (Å²) < 4.78 is 20.4. The van der Waals surface area contributed by atoms with Gasteiger partial charge in [0.25, 0.3) is 5.91 Å². The summed E-state index contributed by atoms with van der Waals surface area (Å²) in [5.41, 5.74) is 2.46. The second kappa shape index (κ2) is 10.6. The van der Waals surface area contributed by atoms with Crippen molar-refractivity contribution in [1.82, 2.24) is 14.7 Å². The summed E-state index contributed by atoms with van der Waals surface area (Å²) in [6.45, 7) is 2.93. The maximum absolute atomic E-state index is 13.1. The van der Waals surface area contributed by atoms with Gasteiger partial charge in [-0.1, -0.05) is 0 Å². The van der Waals surface area contributed by atoms with Gasteiger partial charge in [0.1, 0.15) is 24.2 Å². The van der Waals surface area contributed by atoms with Gasteiger partial charge in [-0.05, 0) is 63.5 Å². The molecule has 0 aliphatic rings. The minimum Gasteiger partial charge on any atom is -0.491 e. The van der Waals surface area contributed by atoms with Crippen LogP contribution in [0, 0.1) is 24.1 Å². The molecule has 2 aromatic carbocycles. The zero-order valence-electron chi connectivity index (χ0n) is 17.4. The van der Waals surface area contributed by atoms with Crippen molar-refractivity contribution in [3.8, 4) is 17.5 Å². The van der Waals surface area contributed by atoms with E-state index in [1.165, 1.54) is 18.3 Å². The quantitative estimate of drug-likeness (QED) is 0.600. The molecule has 9 heteroatoms. The number of aromatic nitrogens is 2. The molecule has 3 rings (SSSR count). The average molecular weight is 444 g/mol. The fraction of sp³-hybridized carbons (Fsp3) is 0.227. The molecule has 1 N–H and O–H groups in total. The van der Waals surface area contributed by atoms with Gasteiger partial charge in [0.05, 0.1) is 28.7 Å². The van der Waals surface area contributed by atoms with Crippen LogP contribution < -0.4 is 10.1 Å². The summed E-state index contributed by atoms with van der Waals surface area (Å²) in [5, 5.41) is 16.4. The van der Waals surface area contributed by atoms with Gasteiger partial charge in [0, 0.05) is 12.2 Å². The molecule has 0 atom stereocenters. The first-order valence-corrected chi connectivity index (χ1v) is 9.32. The zero-order chi connectivity index (χ0) is 21.7. The second-order valence-electron chi connectivity index (χ2n) is 6.96. The largest absolute Gasteiger partial charge is 0.491 e. The number of carbonyl (C=O) groups excluding carboxylic acids is 1. The Hall–Kier alpha value is -3.41. The van der Waals surface area contributed by atoms with Crippen LogP contribution in [0.5, 0.6) is 5.75 Å². The second-order valence-corrected chi connectivity index (χ2v) is 6.96. The molecule has 0 bridgehead atoms. The van der Waals surface area contributed by atoms with Crippen molar-refractivity contribution in [2.45, 2.75) is 6.92 Å². The predicted molar refractivity (Wildman–Crippen MR) is 119 cm³/mol. The highest BCUT2D eigenvalue weighted by molar-refractivity contribution is 6.05. The molecule has 1 heterocycles. The molecule has 1 amide bonds. The van der Waals surface area contributed by atoms with E-state index in [4.69, 9.17) is 4.74 Å². The minimum atomic E-state index is -0.356. The van der Waals surface area contributed by atoms with Crippen LogP contribution in [0.15, 0.2) is 48.7 Å². The van der Waals surface area contributed by atoms with Gasteiger partial charge < -0.3 is 15.0 Å². The smallest absolute Gasteiger partial charge is 0.259 e. The number of likely N-dealkylation sites (N-methyl/N-ethyl adjacent to an activating group) is 1. The van der Waals surface area contributed by atoms with Crippen LogP contribution in [0.4, 0.5) is 10.1 Å². The molecule has 7 nitrogen and oxygen atoms in total. The predicted octanol–water partition coefficient (Wildman–Crippen LogP) is 3.81. The number of carbonyl (C=O) groups is 1. The van der Waals surface area contributed by atoms with Crippen LogP contribution in [-0.2, 0) is 0 Å². The highest BCUT2D eigenvalue weighted by Crippen LogP contribution is 2.23. The van der Waals surface area contributed by atoms with Crippen LogP contribution in [0.3, 0.4) is 0 Å². The van der Waals surface area contributed by atoms with Crippen molar-refractivity contribution in [2.75, 3.05) is 32.6 Å². The highest BCUT2D eigenvalue weighted by Gasteiger charge is 2.16. The van der Waals surface area contributed by atoms with Crippen molar-refractivity contribution in [2.24, 2.45) is 0 Å². The minimum absolute atomic E-state index is 0. The van der Waals surface area contributed by atoms with Crippen LogP contribution in [0.1, 0.15) is 21.6 Å². The lowest BCUT2D eigenvalue weighted by Gasteiger charge is -2.13. The summed E-state index contributed by atoms with van der Waals surface area (Å²) in [6.07, 6.45) is 1.46. The molecular formula is C22H23ClFN5O2. The summed E-state index contributed by atoms with van der Waals surface area (Å²) >= 11 is 0. The third kappa shape index (κ3) is 5.81. The number of nitrogens with zero attached hydrogens (tertiary/aromatic N) is 4. The Kier molecular flexibility index (Phi) is 8.14. The number of hydrogen-bond donors (Lipinski definition) is 1. The first kappa shape index (κ1) is 23.9. The van der Waals surface area contributed by atoms with Gasteiger partial charge in [-0.25, -0.2) is 9.07 Å². The van der Waals surface area contributed by atoms with Gasteiger partial charge >= 0.3 is 0 Å². The monoisotopic (exact) mass is 443 g/mol. The summed E-state index contributed by atoms with van der Waals surface area (Å²) in [7, 11) is 3.88. The normalized spacial score (nSPS) is 10.3. The van der Waals surface area contributed by atoms with Gasteiger partial charge in [-0.2, -0.15) is 10.4 Å². The van der Waals surface area contributed by atoms with E-state index in [0.29, 0.717) is 40.6 Å². The van der Waals surface area contributed by atoms with Gasteiger partial charge in [0.2, 0.25) is 0 Å². The number of benzene rings is 2. The number of nitrogens with one attached hydrogen (secondary N) is 1. The zero-order valence-corrected chi connectivity index (χ0v) is 18.2. The van der Waals surface area contributed by atoms with E-state index in [1.807, 2.05) is 19.0 Å². The van der Waals surface area contributed by atoms with E-state index in [1.54, 1.807) is 41.9 Å². The molecule has 0 aliphatic heterocycles. The lowest BCUT2D eigenvalue weighted by molar-refractivity contribution is 0.102. The number of ether oxygens (including phenoxy) is 1. The van der Waals surface area contributed by atoms with Gasteiger partial charge in [0.15, 0.2) is 0 Å². The van der Waals surface area contributed by atoms with Gasteiger partial charge in [-0.3, -0.25) is 4.79 Å². The number of halogens is 2. The molecular weight excluding hydrogens is 421 g/mol. The number of nitriles is 1. The van der Waals surface area contributed by atoms with E-state index in [2.05, 4.69) is 16.5 Å². The number of anilines is 1.